The predicted molar refractivity (Wildman–Crippen MR) is 67.1 cm³/mol. The molecule has 1 aromatic carbocycles. The van der Waals surface area contributed by atoms with Crippen molar-refractivity contribution in [1.82, 2.24) is 0 Å². The lowest BCUT2D eigenvalue weighted by Gasteiger charge is -2.31. The third kappa shape index (κ3) is 4.05. The summed E-state index contributed by atoms with van der Waals surface area (Å²) in [5, 5.41) is 0. The summed E-state index contributed by atoms with van der Waals surface area (Å²) in [5.74, 6) is -0.227. The molecule has 4 heteroatoms. The van der Waals surface area contributed by atoms with Crippen LogP contribution >= 0.6 is 15.9 Å². The van der Waals surface area contributed by atoms with E-state index in [-0.39, 0.29) is 5.82 Å². The third-order valence-corrected chi connectivity index (χ3v) is 3.80. The van der Waals surface area contributed by atoms with E-state index >= 15 is 0 Å². The molecule has 15 heavy (non-hydrogen) atoms. The lowest BCUT2D eigenvalue weighted by molar-refractivity contribution is 0.188. The van der Waals surface area contributed by atoms with Crippen molar-refractivity contribution in [3.8, 4) is 0 Å². The quantitative estimate of drug-likeness (QED) is 0.597. The summed E-state index contributed by atoms with van der Waals surface area (Å²) in [6.45, 7) is 8.31. The summed E-state index contributed by atoms with van der Waals surface area (Å²) >= 11 is 3.54. The first-order valence-electron chi connectivity index (χ1n) is 4.86. The Morgan fingerprint density at radius 3 is 2.07 bits per heavy atom. The molecular formula is C11H16BrFOSi. The number of benzene rings is 1. The Labute approximate surface area is 99.9 Å². The first-order chi connectivity index (χ1) is 6.71. The maximum absolute atomic E-state index is 12.8. The van der Waals surface area contributed by atoms with Crippen LogP contribution < -0.4 is 0 Å². The highest BCUT2D eigenvalue weighted by atomic mass is 79.9. The van der Waals surface area contributed by atoms with Gasteiger partial charge in [0.15, 0.2) is 8.32 Å². The Morgan fingerprint density at radius 2 is 1.67 bits per heavy atom. The fourth-order valence-electron chi connectivity index (χ4n) is 1.38. The average Bonchev–Trinajstić information content (AvgIpc) is 2.00. The van der Waals surface area contributed by atoms with Gasteiger partial charge in [-0.3, -0.25) is 0 Å². The monoisotopic (exact) mass is 290 g/mol. The van der Waals surface area contributed by atoms with Crippen molar-refractivity contribution in [2.45, 2.75) is 31.1 Å². The van der Waals surface area contributed by atoms with Crippen molar-refractivity contribution in [2.24, 2.45) is 0 Å². The normalized spacial score (nSPS) is 16.1. The summed E-state index contributed by atoms with van der Waals surface area (Å²) in [5.41, 5.74) is 0.936. The van der Waals surface area contributed by atoms with E-state index in [0.29, 0.717) is 0 Å². The Bertz CT molecular complexity index is 329. The van der Waals surface area contributed by atoms with Crippen LogP contribution in [-0.4, -0.2) is 8.32 Å². The minimum absolute atomic E-state index is 0.227. The van der Waals surface area contributed by atoms with Gasteiger partial charge in [0.1, 0.15) is 10.3 Å². The molecule has 0 heterocycles. The van der Waals surface area contributed by atoms with Crippen molar-refractivity contribution in [3.63, 3.8) is 0 Å². The first kappa shape index (κ1) is 12.9. The SMILES string of the molecule is C[C@](Br)(O[Si](C)(C)C)c1ccc(F)cc1. The van der Waals surface area contributed by atoms with E-state index < -0.39 is 12.8 Å². The van der Waals surface area contributed by atoms with Gasteiger partial charge in [0, 0.05) is 0 Å². The highest BCUT2D eigenvalue weighted by molar-refractivity contribution is 9.09. The second-order valence-electron chi connectivity index (χ2n) is 4.64. The molecule has 0 spiro atoms. The predicted octanol–water partition coefficient (Wildman–Crippen LogP) is 4.24. The molecule has 1 atom stereocenters. The molecule has 0 bridgehead atoms. The van der Waals surface area contributed by atoms with E-state index in [2.05, 4.69) is 35.6 Å². The molecule has 0 N–H and O–H groups in total. The summed E-state index contributed by atoms with van der Waals surface area (Å²) < 4.78 is 18.2. The van der Waals surface area contributed by atoms with Crippen molar-refractivity contribution in [3.05, 3.63) is 35.6 Å². The first-order valence-corrected chi connectivity index (χ1v) is 9.06. The van der Waals surface area contributed by atoms with Crippen molar-refractivity contribution >= 4 is 24.2 Å². The molecule has 0 unspecified atom stereocenters. The molecule has 0 amide bonds. The lowest BCUT2D eigenvalue weighted by atomic mass is 10.1. The molecule has 1 rings (SSSR count). The van der Waals surface area contributed by atoms with Crippen LogP contribution in [0.4, 0.5) is 4.39 Å². The standard InChI is InChI=1S/C11H16BrFOSi/c1-11(12,14-15(2,3)4)9-5-7-10(13)8-6-9/h5-8H,1-4H3/t11-/m0/s1. The minimum Gasteiger partial charge on any atom is -0.399 e. The van der Waals surface area contributed by atoms with E-state index in [1.807, 2.05) is 6.92 Å². The van der Waals surface area contributed by atoms with Crippen LogP contribution in [0.1, 0.15) is 12.5 Å². The smallest absolute Gasteiger partial charge is 0.186 e. The molecule has 0 aromatic heterocycles. The van der Waals surface area contributed by atoms with Gasteiger partial charge in [-0.2, -0.15) is 0 Å². The third-order valence-electron chi connectivity index (χ3n) is 1.86. The van der Waals surface area contributed by atoms with Gasteiger partial charge in [-0.05, 0) is 44.3 Å². The Hall–Kier alpha value is -0.193. The molecule has 0 saturated carbocycles. The van der Waals surface area contributed by atoms with Gasteiger partial charge in [0.25, 0.3) is 0 Å². The number of halogens is 2. The fraction of sp³-hybridized carbons (Fsp3) is 0.455. The van der Waals surface area contributed by atoms with Crippen molar-refractivity contribution in [1.29, 1.82) is 0 Å². The zero-order valence-electron chi connectivity index (χ0n) is 9.47. The Kier molecular flexibility index (Phi) is 3.74. The molecule has 0 radical (unpaired) electrons. The van der Waals surface area contributed by atoms with E-state index in [9.17, 15) is 4.39 Å². The molecule has 0 aliphatic heterocycles. The van der Waals surface area contributed by atoms with Gasteiger partial charge in [-0.1, -0.05) is 28.1 Å². The highest BCUT2D eigenvalue weighted by Crippen LogP contribution is 2.35. The minimum atomic E-state index is -1.63. The van der Waals surface area contributed by atoms with Gasteiger partial charge in [0.2, 0.25) is 0 Å². The van der Waals surface area contributed by atoms with Crippen molar-refractivity contribution < 1.29 is 8.82 Å². The second kappa shape index (κ2) is 4.35. The number of hydrogen-bond acceptors (Lipinski definition) is 1. The van der Waals surface area contributed by atoms with Gasteiger partial charge in [-0.25, -0.2) is 4.39 Å². The van der Waals surface area contributed by atoms with Crippen LogP contribution in [0, 0.1) is 5.82 Å². The highest BCUT2D eigenvalue weighted by Gasteiger charge is 2.30. The van der Waals surface area contributed by atoms with Gasteiger partial charge >= 0.3 is 0 Å². The van der Waals surface area contributed by atoms with Crippen LogP contribution in [-0.2, 0) is 8.94 Å². The van der Waals surface area contributed by atoms with Gasteiger partial charge in [-0.15, -0.1) is 0 Å². The summed E-state index contributed by atoms with van der Waals surface area (Å²) in [7, 11) is -1.63. The molecular weight excluding hydrogens is 275 g/mol. The topological polar surface area (TPSA) is 9.23 Å². The molecule has 0 fully saturated rings. The molecule has 0 saturated heterocycles. The number of rotatable bonds is 3. The van der Waals surface area contributed by atoms with Crippen LogP contribution in [0.15, 0.2) is 24.3 Å². The molecule has 0 aliphatic carbocycles. The van der Waals surface area contributed by atoms with Crippen molar-refractivity contribution in [2.75, 3.05) is 0 Å². The Morgan fingerprint density at radius 1 is 1.20 bits per heavy atom. The molecule has 1 nitrogen and oxygen atoms in total. The zero-order valence-corrected chi connectivity index (χ0v) is 12.1. The number of hydrogen-bond donors (Lipinski definition) is 0. The van der Waals surface area contributed by atoms with Crippen LogP contribution in [0.5, 0.6) is 0 Å². The maximum atomic E-state index is 12.8. The molecule has 84 valence electrons. The number of alkyl halides is 1. The molecule has 0 aliphatic rings. The summed E-state index contributed by atoms with van der Waals surface area (Å²) in [4.78, 5) is 0. The van der Waals surface area contributed by atoms with Crippen LogP contribution in [0.3, 0.4) is 0 Å². The maximum Gasteiger partial charge on any atom is 0.186 e. The average molecular weight is 291 g/mol. The summed E-state index contributed by atoms with van der Waals surface area (Å²) in [6, 6.07) is 6.37. The Balaban J connectivity index is 2.90. The van der Waals surface area contributed by atoms with Gasteiger partial charge in [0.05, 0.1) is 0 Å². The fourth-order valence-corrected chi connectivity index (χ4v) is 4.37. The van der Waals surface area contributed by atoms with Gasteiger partial charge < -0.3 is 4.43 Å². The zero-order chi connectivity index (χ0) is 11.7. The lowest BCUT2D eigenvalue weighted by Crippen LogP contribution is -2.34. The largest absolute Gasteiger partial charge is 0.399 e. The summed E-state index contributed by atoms with van der Waals surface area (Å²) in [6.07, 6.45) is 0. The van der Waals surface area contributed by atoms with Crippen LogP contribution in [0.2, 0.25) is 19.6 Å². The van der Waals surface area contributed by atoms with E-state index in [4.69, 9.17) is 4.43 Å². The van der Waals surface area contributed by atoms with E-state index in [1.165, 1.54) is 12.1 Å². The van der Waals surface area contributed by atoms with E-state index in [0.717, 1.165) is 5.56 Å². The molecule has 1 aromatic rings. The van der Waals surface area contributed by atoms with E-state index in [1.54, 1.807) is 12.1 Å². The second-order valence-corrected chi connectivity index (χ2v) is 10.6. The van der Waals surface area contributed by atoms with Crippen LogP contribution in [0.25, 0.3) is 0 Å².